The number of anilines is 1. The Morgan fingerprint density at radius 3 is 2.29 bits per heavy atom. The zero-order chi connectivity index (χ0) is 17.4. The maximum Gasteiger partial charge on any atom is 0.343 e. The van der Waals surface area contributed by atoms with Gasteiger partial charge in [-0.3, -0.25) is 4.79 Å². The van der Waals surface area contributed by atoms with Crippen molar-refractivity contribution < 1.29 is 9.53 Å². The fraction of sp³-hybridized carbons (Fsp3) is 0.158. The maximum atomic E-state index is 12.8. The molecule has 0 atom stereocenters. The van der Waals surface area contributed by atoms with Gasteiger partial charge in [0.25, 0.3) is 0 Å². The predicted octanol–water partition coefficient (Wildman–Crippen LogP) is 2.98. The molecule has 3 rings (SSSR count). The molecule has 0 fully saturated rings. The fourth-order valence-electron chi connectivity index (χ4n) is 2.87. The summed E-state index contributed by atoms with van der Waals surface area (Å²) in [4.78, 5) is 24.9. The highest BCUT2D eigenvalue weighted by atomic mass is 16.5. The third kappa shape index (κ3) is 2.44. The summed E-state index contributed by atoms with van der Waals surface area (Å²) >= 11 is 0. The van der Waals surface area contributed by atoms with Crippen LogP contribution in [0.25, 0.3) is 16.6 Å². The number of ether oxygens (including phenoxy) is 1. The Bertz CT molecular complexity index is 1000. The van der Waals surface area contributed by atoms with Crippen molar-refractivity contribution >= 4 is 22.6 Å². The van der Waals surface area contributed by atoms with Gasteiger partial charge in [0.15, 0.2) is 0 Å². The van der Waals surface area contributed by atoms with E-state index in [1.54, 1.807) is 12.1 Å². The minimum absolute atomic E-state index is 0.00975. The smallest absolute Gasteiger partial charge is 0.343 e. The molecule has 0 saturated heterocycles. The number of benzene rings is 2. The number of aromatic nitrogens is 1. The number of nitrogens with zero attached hydrogens (tertiary/aromatic N) is 1. The molecule has 24 heavy (non-hydrogen) atoms. The van der Waals surface area contributed by atoms with Crippen molar-refractivity contribution in [2.45, 2.75) is 13.8 Å². The summed E-state index contributed by atoms with van der Waals surface area (Å²) in [6, 6.07) is 11.1. The largest absolute Gasteiger partial charge is 0.465 e. The van der Waals surface area contributed by atoms with Crippen LogP contribution in [0.15, 0.2) is 47.4 Å². The Hall–Kier alpha value is -3.08. The predicted molar refractivity (Wildman–Crippen MR) is 94.8 cm³/mol. The second-order valence-corrected chi connectivity index (χ2v) is 5.75. The maximum absolute atomic E-state index is 12.8. The lowest BCUT2D eigenvalue weighted by atomic mass is 10.0. The highest BCUT2D eigenvalue weighted by Crippen LogP contribution is 2.24. The Morgan fingerprint density at radius 1 is 1.04 bits per heavy atom. The van der Waals surface area contributed by atoms with Gasteiger partial charge in [-0.05, 0) is 49.2 Å². The number of pyridine rings is 1. The average Bonchev–Trinajstić information content (AvgIpc) is 2.58. The number of fused-ring (bicyclic) bond motifs is 1. The molecule has 0 aliphatic carbocycles. The first kappa shape index (κ1) is 15.8. The van der Waals surface area contributed by atoms with E-state index in [0.717, 1.165) is 22.3 Å². The highest BCUT2D eigenvalue weighted by Gasteiger charge is 2.19. The van der Waals surface area contributed by atoms with E-state index >= 15 is 0 Å². The monoisotopic (exact) mass is 322 g/mol. The summed E-state index contributed by atoms with van der Waals surface area (Å²) in [7, 11) is 1.27. The van der Waals surface area contributed by atoms with Crippen LogP contribution in [0.3, 0.4) is 0 Å². The third-order valence-corrected chi connectivity index (χ3v) is 4.14. The second-order valence-electron chi connectivity index (χ2n) is 5.75. The number of esters is 1. The number of nitrogens with two attached hydrogens (primary N) is 1. The summed E-state index contributed by atoms with van der Waals surface area (Å²) < 4.78 is 6.61. The lowest BCUT2D eigenvalue weighted by Gasteiger charge is -2.16. The van der Waals surface area contributed by atoms with Gasteiger partial charge in [-0.15, -0.1) is 0 Å². The summed E-state index contributed by atoms with van der Waals surface area (Å²) in [6.07, 6.45) is 1.54. The normalized spacial score (nSPS) is 10.8. The first-order chi connectivity index (χ1) is 11.4. The molecule has 0 aliphatic heterocycles. The van der Waals surface area contributed by atoms with Gasteiger partial charge in [-0.2, -0.15) is 0 Å². The van der Waals surface area contributed by atoms with Crippen molar-refractivity contribution in [2.24, 2.45) is 0 Å². The fourth-order valence-corrected chi connectivity index (χ4v) is 2.87. The van der Waals surface area contributed by atoms with Crippen molar-refractivity contribution in [1.29, 1.82) is 0 Å². The molecule has 2 aromatic carbocycles. The minimum atomic E-state index is -0.646. The summed E-state index contributed by atoms with van der Waals surface area (Å²) in [5.41, 5.74) is 9.45. The molecular formula is C19H18N2O3. The average molecular weight is 322 g/mol. The first-order valence-corrected chi connectivity index (χ1v) is 7.54. The molecule has 0 spiro atoms. The Labute approximate surface area is 139 Å². The van der Waals surface area contributed by atoms with E-state index in [2.05, 4.69) is 0 Å². The number of hydrogen-bond acceptors (Lipinski definition) is 4. The van der Waals surface area contributed by atoms with E-state index in [1.807, 2.05) is 42.7 Å². The summed E-state index contributed by atoms with van der Waals surface area (Å²) in [6.45, 7) is 3.80. The Balaban J connectivity index is 2.49. The van der Waals surface area contributed by atoms with Crippen molar-refractivity contribution in [2.75, 3.05) is 12.8 Å². The van der Waals surface area contributed by atoms with Crippen molar-refractivity contribution in [1.82, 2.24) is 4.57 Å². The lowest BCUT2D eigenvalue weighted by molar-refractivity contribution is 0.0599. The van der Waals surface area contributed by atoms with Gasteiger partial charge in [0.1, 0.15) is 5.56 Å². The molecule has 1 heterocycles. The minimum Gasteiger partial charge on any atom is -0.465 e. The van der Waals surface area contributed by atoms with Gasteiger partial charge < -0.3 is 15.0 Å². The van der Waals surface area contributed by atoms with Gasteiger partial charge in [0.05, 0.1) is 18.0 Å². The standard InChI is InChI=1S/C19H18N2O3/c1-11-4-5-12(2)17-16(11)18(22)15(19(23)24-3)10-21(17)14-8-6-13(20)7-9-14/h4-10H,20H2,1-3H3. The van der Waals surface area contributed by atoms with Crippen LogP contribution in [0, 0.1) is 13.8 Å². The molecule has 2 N–H and O–H groups in total. The van der Waals surface area contributed by atoms with Crippen LogP contribution in [0.1, 0.15) is 21.5 Å². The molecule has 3 aromatic rings. The van der Waals surface area contributed by atoms with Crippen molar-refractivity contribution in [3.63, 3.8) is 0 Å². The SMILES string of the molecule is COC(=O)c1cn(-c2ccc(N)cc2)c2c(C)ccc(C)c2c1=O. The number of carbonyl (C=O) groups excluding carboxylic acids is 1. The molecule has 0 radical (unpaired) electrons. The van der Waals surface area contributed by atoms with E-state index in [1.165, 1.54) is 13.3 Å². The van der Waals surface area contributed by atoms with E-state index in [9.17, 15) is 9.59 Å². The number of aryl methyl sites for hydroxylation is 2. The molecule has 5 nitrogen and oxygen atoms in total. The van der Waals surface area contributed by atoms with Gasteiger partial charge in [0.2, 0.25) is 5.43 Å². The van der Waals surface area contributed by atoms with Crippen LogP contribution in [0.5, 0.6) is 0 Å². The zero-order valence-electron chi connectivity index (χ0n) is 13.8. The van der Waals surface area contributed by atoms with E-state index < -0.39 is 5.97 Å². The van der Waals surface area contributed by atoms with Crippen LogP contribution in [-0.2, 0) is 4.74 Å². The van der Waals surface area contributed by atoms with E-state index in [4.69, 9.17) is 10.5 Å². The number of carbonyl (C=O) groups is 1. The number of nitrogen functional groups attached to an aromatic ring is 1. The van der Waals surface area contributed by atoms with Gasteiger partial charge in [-0.25, -0.2) is 4.79 Å². The van der Waals surface area contributed by atoms with E-state index in [-0.39, 0.29) is 11.0 Å². The topological polar surface area (TPSA) is 74.3 Å². The van der Waals surface area contributed by atoms with Gasteiger partial charge in [-0.1, -0.05) is 12.1 Å². The summed E-state index contributed by atoms with van der Waals surface area (Å²) in [5, 5.41) is 0.523. The third-order valence-electron chi connectivity index (χ3n) is 4.14. The number of methoxy groups -OCH3 is 1. The van der Waals surface area contributed by atoms with E-state index in [0.29, 0.717) is 11.1 Å². The molecule has 0 aliphatic rings. The number of rotatable bonds is 2. The molecule has 0 amide bonds. The first-order valence-electron chi connectivity index (χ1n) is 7.54. The Morgan fingerprint density at radius 2 is 1.67 bits per heavy atom. The highest BCUT2D eigenvalue weighted by molar-refractivity contribution is 5.96. The molecule has 0 saturated carbocycles. The quantitative estimate of drug-likeness (QED) is 0.581. The molecule has 122 valence electrons. The second kappa shape index (κ2) is 5.85. The molecular weight excluding hydrogens is 304 g/mol. The van der Waals surface area contributed by atoms with Crippen molar-refractivity contribution in [3.05, 3.63) is 69.5 Å². The summed E-state index contributed by atoms with van der Waals surface area (Å²) in [5.74, 6) is -0.646. The van der Waals surface area contributed by atoms with Crippen molar-refractivity contribution in [3.8, 4) is 5.69 Å². The zero-order valence-corrected chi connectivity index (χ0v) is 13.8. The van der Waals surface area contributed by atoms with Crippen LogP contribution >= 0.6 is 0 Å². The molecule has 0 bridgehead atoms. The van der Waals surface area contributed by atoms with Crippen LogP contribution in [0.4, 0.5) is 5.69 Å². The molecule has 1 aromatic heterocycles. The van der Waals surface area contributed by atoms with Gasteiger partial charge in [0, 0.05) is 17.6 Å². The van der Waals surface area contributed by atoms with Crippen LogP contribution < -0.4 is 11.2 Å². The van der Waals surface area contributed by atoms with Crippen LogP contribution in [-0.4, -0.2) is 17.6 Å². The van der Waals surface area contributed by atoms with Crippen LogP contribution in [0.2, 0.25) is 0 Å². The lowest BCUT2D eigenvalue weighted by Crippen LogP contribution is -2.20. The number of hydrogen-bond donors (Lipinski definition) is 1. The van der Waals surface area contributed by atoms with Gasteiger partial charge >= 0.3 is 5.97 Å². The Kier molecular flexibility index (Phi) is 3.85. The molecule has 5 heteroatoms. The molecule has 0 unspecified atom stereocenters.